The van der Waals surface area contributed by atoms with Gasteiger partial charge in [-0.15, -0.1) is 0 Å². The molecule has 9 aromatic rings. The number of hydrogen-bond acceptors (Lipinski definition) is 3. The van der Waals surface area contributed by atoms with Gasteiger partial charge in [0.1, 0.15) is 11.3 Å². The fourth-order valence-electron chi connectivity index (χ4n) is 7.03. The highest BCUT2D eigenvalue weighted by Gasteiger charge is 2.30. The van der Waals surface area contributed by atoms with Crippen LogP contribution in [0.1, 0.15) is 0 Å². The number of benzene rings is 7. The summed E-state index contributed by atoms with van der Waals surface area (Å²) in [7, 11) is -3.12. The molecule has 9 rings (SSSR count). The minimum Gasteiger partial charge on any atom is -0.454 e. The molecule has 0 spiro atoms. The Morgan fingerprint density at radius 1 is 0.449 bits per heavy atom. The van der Waals surface area contributed by atoms with Crippen LogP contribution in [-0.2, 0) is 4.57 Å². The summed E-state index contributed by atoms with van der Waals surface area (Å²) in [5.74, 6) is 0. The van der Waals surface area contributed by atoms with Crippen molar-refractivity contribution in [1.29, 1.82) is 0 Å². The molecule has 2 heterocycles. The van der Waals surface area contributed by atoms with Crippen molar-refractivity contribution in [2.75, 3.05) is 0 Å². The number of nitrogens with zero attached hydrogens (tertiary/aromatic N) is 1. The van der Waals surface area contributed by atoms with Gasteiger partial charge in [0.05, 0.1) is 5.52 Å². The lowest BCUT2D eigenvalue weighted by atomic mass is 9.93. The Bertz CT molecular complexity index is 2640. The van der Waals surface area contributed by atoms with Gasteiger partial charge < -0.3 is 8.98 Å². The monoisotopic (exact) mass is 647 g/mol. The summed E-state index contributed by atoms with van der Waals surface area (Å²) in [6.45, 7) is 0. The molecule has 0 unspecified atom stereocenters. The molecule has 0 radical (unpaired) electrons. The van der Waals surface area contributed by atoms with Crippen molar-refractivity contribution in [2.45, 2.75) is 0 Å². The third-order valence-electron chi connectivity index (χ3n) is 9.34. The zero-order valence-corrected chi connectivity index (χ0v) is 27.4. The van der Waals surface area contributed by atoms with E-state index < -0.39 is 7.14 Å². The van der Waals surface area contributed by atoms with Crippen LogP contribution in [0, 0.1) is 0 Å². The Morgan fingerprint density at radius 2 is 1.00 bits per heavy atom. The van der Waals surface area contributed by atoms with Gasteiger partial charge in [0, 0.05) is 37.6 Å². The second kappa shape index (κ2) is 11.9. The van der Waals surface area contributed by atoms with Crippen LogP contribution in [0.5, 0.6) is 0 Å². The van der Waals surface area contributed by atoms with Gasteiger partial charge in [-0.1, -0.05) is 158 Å². The second-order valence-corrected chi connectivity index (χ2v) is 15.0. The van der Waals surface area contributed by atoms with Gasteiger partial charge >= 0.3 is 0 Å². The molecule has 2 aromatic heterocycles. The van der Waals surface area contributed by atoms with Gasteiger partial charge in [0.2, 0.25) is 0 Å². The second-order valence-electron chi connectivity index (χ2n) is 12.2. The Kier molecular flexibility index (Phi) is 7.08. The number of furan rings is 1. The van der Waals surface area contributed by atoms with Crippen molar-refractivity contribution >= 4 is 55.9 Å². The molecule has 7 aromatic carbocycles. The fraction of sp³-hybridized carbons (Fsp3) is 0. The molecular formula is C45H30NO2P. The lowest BCUT2D eigenvalue weighted by molar-refractivity contribution is 0.592. The van der Waals surface area contributed by atoms with Crippen molar-refractivity contribution in [2.24, 2.45) is 0 Å². The van der Waals surface area contributed by atoms with Crippen LogP contribution in [-0.4, -0.2) is 4.98 Å². The molecule has 4 heteroatoms. The largest absolute Gasteiger partial charge is 0.454 e. The van der Waals surface area contributed by atoms with Crippen molar-refractivity contribution in [3.05, 3.63) is 182 Å². The van der Waals surface area contributed by atoms with Gasteiger partial charge in [-0.2, -0.15) is 0 Å². The van der Waals surface area contributed by atoms with E-state index in [4.69, 9.17) is 9.40 Å². The van der Waals surface area contributed by atoms with Crippen LogP contribution < -0.4 is 15.9 Å². The molecule has 0 N–H and O–H groups in total. The minimum atomic E-state index is -3.12. The molecule has 0 amide bonds. The molecule has 49 heavy (non-hydrogen) atoms. The van der Waals surface area contributed by atoms with E-state index in [9.17, 15) is 0 Å². The van der Waals surface area contributed by atoms with E-state index in [-0.39, 0.29) is 0 Å². The molecule has 0 aliphatic carbocycles. The normalized spacial score (nSPS) is 11.8. The smallest absolute Gasteiger partial charge is 0.171 e. The highest BCUT2D eigenvalue weighted by atomic mass is 31.2. The van der Waals surface area contributed by atoms with Crippen molar-refractivity contribution in [3.63, 3.8) is 0 Å². The molecule has 232 valence electrons. The summed E-state index contributed by atoms with van der Waals surface area (Å²) in [5.41, 5.74) is 8.60. The first kappa shape index (κ1) is 29.1. The minimum absolute atomic E-state index is 0.786. The highest BCUT2D eigenvalue weighted by molar-refractivity contribution is 7.85. The number of hydrogen-bond donors (Lipinski definition) is 0. The Balaban J connectivity index is 1.23. The van der Waals surface area contributed by atoms with Crippen molar-refractivity contribution in [1.82, 2.24) is 4.98 Å². The molecule has 0 aliphatic heterocycles. The quantitative estimate of drug-likeness (QED) is 0.169. The first-order valence-electron chi connectivity index (χ1n) is 16.4. The summed E-state index contributed by atoms with van der Waals surface area (Å²) >= 11 is 0. The summed E-state index contributed by atoms with van der Waals surface area (Å²) in [6.07, 6.45) is 0. The predicted octanol–water partition coefficient (Wildman–Crippen LogP) is 10.8. The van der Waals surface area contributed by atoms with Crippen LogP contribution in [0.4, 0.5) is 0 Å². The molecule has 0 aliphatic rings. The third kappa shape index (κ3) is 4.90. The van der Waals surface area contributed by atoms with Crippen molar-refractivity contribution in [3.8, 4) is 33.5 Å². The van der Waals surface area contributed by atoms with Crippen molar-refractivity contribution < 1.29 is 8.98 Å². The molecule has 0 saturated carbocycles. The molecule has 0 saturated heterocycles. The van der Waals surface area contributed by atoms with E-state index in [2.05, 4.69) is 78.9 Å². The van der Waals surface area contributed by atoms with E-state index >= 15 is 4.57 Å². The zero-order chi connectivity index (χ0) is 32.8. The topological polar surface area (TPSA) is 43.1 Å². The van der Waals surface area contributed by atoms with Crippen LogP contribution >= 0.6 is 7.14 Å². The SMILES string of the molecule is O=P(c1ccccc1)(c1ccccc1)c1cccc(-c2cccc(-c3cccc4nc(-c5ccccc5)c5oc6ccccc6c5c34)c2)c1. The zero-order valence-electron chi connectivity index (χ0n) is 26.5. The van der Waals surface area contributed by atoms with Gasteiger partial charge in [-0.05, 0) is 46.5 Å². The maximum Gasteiger partial charge on any atom is 0.171 e. The van der Waals surface area contributed by atoms with Crippen LogP contribution in [0.25, 0.3) is 66.4 Å². The molecule has 0 bridgehead atoms. The Hall–Kier alpha value is -6.02. The molecule has 0 fully saturated rings. The summed E-state index contributed by atoms with van der Waals surface area (Å²) < 4.78 is 21.7. The predicted molar refractivity (Wildman–Crippen MR) is 205 cm³/mol. The number of fused-ring (bicyclic) bond motifs is 5. The maximum atomic E-state index is 15.2. The summed E-state index contributed by atoms with van der Waals surface area (Å²) in [6, 6.07) is 61.3. The van der Waals surface area contributed by atoms with Crippen LogP contribution in [0.3, 0.4) is 0 Å². The van der Waals surface area contributed by atoms with Gasteiger partial charge in [-0.3, -0.25) is 0 Å². The lowest BCUT2D eigenvalue weighted by Gasteiger charge is -2.20. The van der Waals surface area contributed by atoms with Crippen LogP contribution in [0.2, 0.25) is 0 Å². The average molecular weight is 648 g/mol. The lowest BCUT2D eigenvalue weighted by Crippen LogP contribution is -2.25. The number of rotatable bonds is 6. The number of para-hydroxylation sites is 1. The van der Waals surface area contributed by atoms with E-state index in [0.29, 0.717) is 0 Å². The highest BCUT2D eigenvalue weighted by Crippen LogP contribution is 2.45. The average Bonchev–Trinajstić information content (AvgIpc) is 3.58. The summed E-state index contributed by atoms with van der Waals surface area (Å²) in [5, 5.41) is 5.64. The van der Waals surface area contributed by atoms with Crippen LogP contribution in [0.15, 0.2) is 186 Å². The Morgan fingerprint density at radius 3 is 1.73 bits per heavy atom. The number of aromatic nitrogens is 1. The fourth-order valence-corrected chi connectivity index (χ4v) is 9.73. The standard InChI is InChI=1S/C45H30NO2P/c47-49(35-20-6-2-7-21-35,36-22-8-3-9-23-36)37-24-13-18-33(30-37)32-17-12-19-34(29-32)38-26-14-27-40-42(38)43-39-25-10-11-28-41(39)48-45(43)44(46-40)31-15-4-1-5-16-31/h1-30H. The van der Waals surface area contributed by atoms with E-state index in [0.717, 1.165) is 82.3 Å². The van der Waals surface area contributed by atoms with E-state index in [1.54, 1.807) is 0 Å². The van der Waals surface area contributed by atoms with E-state index in [1.807, 2.05) is 103 Å². The first-order chi connectivity index (χ1) is 24.2. The third-order valence-corrected chi connectivity index (χ3v) is 12.4. The first-order valence-corrected chi connectivity index (χ1v) is 18.1. The molecular weight excluding hydrogens is 617 g/mol. The molecule has 3 nitrogen and oxygen atoms in total. The summed E-state index contributed by atoms with van der Waals surface area (Å²) in [4.78, 5) is 5.21. The van der Waals surface area contributed by atoms with Gasteiger partial charge in [-0.25, -0.2) is 4.98 Å². The van der Waals surface area contributed by atoms with Gasteiger partial charge in [0.15, 0.2) is 12.7 Å². The molecule has 0 atom stereocenters. The number of pyridine rings is 1. The van der Waals surface area contributed by atoms with Gasteiger partial charge in [0.25, 0.3) is 0 Å². The maximum absolute atomic E-state index is 15.2. The van der Waals surface area contributed by atoms with E-state index in [1.165, 1.54) is 0 Å². The Labute approximate surface area is 284 Å².